The van der Waals surface area contributed by atoms with Gasteiger partial charge in [0.2, 0.25) is 5.91 Å². The van der Waals surface area contributed by atoms with Gasteiger partial charge in [0.05, 0.1) is 75.6 Å². The molecule has 104 heavy (non-hydrogen) atoms. The molecule has 4 aliphatic rings. The summed E-state index contributed by atoms with van der Waals surface area (Å²) in [5.74, 6) is -0.373. The van der Waals surface area contributed by atoms with E-state index in [0.29, 0.717) is 56.3 Å². The van der Waals surface area contributed by atoms with E-state index in [1.165, 1.54) is 6.92 Å². The number of hydrogen-bond acceptors (Lipinski definition) is 18. The second kappa shape index (κ2) is 40.6. The van der Waals surface area contributed by atoms with E-state index in [1.54, 1.807) is 67.7 Å². The number of ether oxygens (including phenoxy) is 12. The van der Waals surface area contributed by atoms with Gasteiger partial charge in [-0.05, 0) is 134 Å². The normalized spacial score (nSPS) is 27.0. The largest absolute Gasteiger partial charge is 0.497 e. The average molecular weight is 1440 g/mol. The second-order valence-corrected chi connectivity index (χ2v) is 29.0. The van der Waals surface area contributed by atoms with E-state index in [-0.39, 0.29) is 91.8 Å². The number of benzene rings is 5. The average Bonchev–Trinajstić information content (AvgIpc) is 0.942. The lowest BCUT2D eigenvalue weighted by Crippen LogP contribution is -2.56. The van der Waals surface area contributed by atoms with E-state index >= 15 is 0 Å². The first kappa shape index (κ1) is 81.0. The van der Waals surface area contributed by atoms with Crippen molar-refractivity contribution in [1.29, 1.82) is 0 Å². The molecule has 19 nitrogen and oxygen atoms in total. The van der Waals surface area contributed by atoms with Crippen LogP contribution >= 0.6 is 0 Å². The van der Waals surface area contributed by atoms with Gasteiger partial charge in [0.25, 0.3) is 0 Å². The van der Waals surface area contributed by atoms with Crippen LogP contribution in [0.5, 0.6) is 11.5 Å². The molecule has 15 unspecified atom stereocenters. The summed E-state index contributed by atoms with van der Waals surface area (Å²) >= 11 is 0. The van der Waals surface area contributed by atoms with E-state index in [0.717, 1.165) is 98.8 Å². The molecule has 5 aromatic carbocycles. The van der Waals surface area contributed by atoms with Crippen LogP contribution in [0.2, 0.25) is 0 Å². The molecule has 1 N–H and O–H groups in total. The number of aliphatic hydroxyl groups excluding tert-OH is 1. The number of methoxy groups -OCH3 is 2. The Bertz CT molecular complexity index is 3350. The summed E-state index contributed by atoms with van der Waals surface area (Å²) in [6.45, 7) is 16.9. The number of likely N-dealkylation sites (tertiary alicyclic amines) is 1. The van der Waals surface area contributed by atoms with Crippen molar-refractivity contribution in [2.24, 2.45) is 35.5 Å². The number of β-amino-alcohol motifs (C(OH)–C–C–N with tert-alkyl or cyclic N) is 1. The quantitative estimate of drug-likeness (QED) is 0.0167. The molecule has 19 heteroatoms. The third kappa shape index (κ3) is 21.6. The Kier molecular flexibility index (Phi) is 31.6. The van der Waals surface area contributed by atoms with Gasteiger partial charge in [0.15, 0.2) is 37.2 Å². The van der Waals surface area contributed by atoms with Gasteiger partial charge in [0.1, 0.15) is 22.9 Å². The zero-order valence-corrected chi connectivity index (χ0v) is 63.0. The summed E-state index contributed by atoms with van der Waals surface area (Å²) in [4.78, 5) is 69.0. The van der Waals surface area contributed by atoms with Crippen molar-refractivity contribution in [2.45, 2.75) is 238 Å². The van der Waals surface area contributed by atoms with Crippen LogP contribution in [-0.4, -0.2) is 154 Å². The zero-order valence-electron chi connectivity index (χ0n) is 63.0. The molecule has 1 amide bonds. The number of ketones is 1. The van der Waals surface area contributed by atoms with E-state index < -0.39 is 72.9 Å². The number of Topliss-reactive ketones (excluding diaryl/α,β-unsaturated/α-hetero) is 1. The summed E-state index contributed by atoms with van der Waals surface area (Å²) in [5, 5.41) is 11.0. The van der Waals surface area contributed by atoms with Crippen LogP contribution in [-0.2, 0) is 67.4 Å². The lowest BCUT2D eigenvalue weighted by atomic mass is 9.80. The van der Waals surface area contributed by atoms with Gasteiger partial charge >= 0.3 is 17.9 Å². The van der Waals surface area contributed by atoms with Gasteiger partial charge in [-0.15, -0.1) is 0 Å². The first-order valence-corrected chi connectivity index (χ1v) is 38.4. The maximum absolute atomic E-state index is 13.9. The highest BCUT2D eigenvalue weighted by Gasteiger charge is 2.50. The van der Waals surface area contributed by atoms with Gasteiger partial charge in [-0.2, -0.15) is 0 Å². The maximum atomic E-state index is 13.9. The minimum atomic E-state index is -1.06. The number of aliphatic hydroxyl groups is 1. The smallest absolute Gasteiger partial charge is 0.338 e. The molecular weight excluding hydrogens is 1320 g/mol. The fourth-order valence-electron chi connectivity index (χ4n) is 15.5. The van der Waals surface area contributed by atoms with E-state index in [4.69, 9.17) is 56.8 Å². The van der Waals surface area contributed by atoms with Crippen LogP contribution < -0.4 is 9.47 Å². The van der Waals surface area contributed by atoms with Gasteiger partial charge < -0.3 is 66.8 Å². The van der Waals surface area contributed by atoms with Crippen molar-refractivity contribution >= 4 is 29.6 Å². The Labute approximate surface area is 616 Å². The molecule has 0 radical (unpaired) electrons. The Morgan fingerprint density at radius 1 is 0.481 bits per heavy atom. The summed E-state index contributed by atoms with van der Waals surface area (Å²) in [6.07, 6.45) is 5.63. The Balaban J connectivity index is 0.739. The fraction of sp³-hybridized carbons (Fsp3) is 0.588. The number of esters is 3. The Morgan fingerprint density at radius 2 is 0.923 bits per heavy atom. The van der Waals surface area contributed by atoms with Gasteiger partial charge in [-0.3, -0.25) is 14.4 Å². The van der Waals surface area contributed by atoms with Gasteiger partial charge in [0, 0.05) is 57.1 Å². The topological polar surface area (TPSA) is 220 Å². The molecule has 0 saturated carbocycles. The summed E-state index contributed by atoms with van der Waals surface area (Å²) < 4.78 is 76.8. The van der Waals surface area contributed by atoms with Crippen LogP contribution in [0.1, 0.15) is 202 Å². The molecule has 568 valence electrons. The van der Waals surface area contributed by atoms with Crippen molar-refractivity contribution in [3.8, 4) is 11.5 Å². The fourth-order valence-corrected chi connectivity index (χ4v) is 15.5. The van der Waals surface area contributed by atoms with Crippen LogP contribution in [0.15, 0.2) is 140 Å². The van der Waals surface area contributed by atoms with Crippen molar-refractivity contribution < 1.29 is 85.9 Å². The molecule has 0 bridgehead atoms. The summed E-state index contributed by atoms with van der Waals surface area (Å²) in [6, 6.07) is 43.2. The molecule has 4 fully saturated rings. The Hall–Kier alpha value is -7.07. The maximum Gasteiger partial charge on any atom is 0.338 e. The lowest BCUT2D eigenvalue weighted by Gasteiger charge is -2.47. The second-order valence-electron chi connectivity index (χ2n) is 29.0. The monoisotopic (exact) mass is 1440 g/mol. The van der Waals surface area contributed by atoms with E-state index in [2.05, 4.69) is 41.5 Å². The molecule has 0 aromatic heterocycles. The minimum absolute atomic E-state index is 0.0100. The first-order valence-electron chi connectivity index (χ1n) is 38.4. The summed E-state index contributed by atoms with van der Waals surface area (Å²) in [7, 11) is 3.27. The van der Waals surface area contributed by atoms with Gasteiger partial charge in [-0.25, -0.2) is 9.59 Å². The standard InChI is InChI=1S/C85H115NO18/c1-11-73-56(3)58(5)77(103-80(91)62-32-22-19-23-33-62)82(100-73)96-51-49-72-60(7)75(55-97-83-78(59(6)57(4)74(12-2)101-83)104-81(92)63-34-24-20-25-35-63)102-84(79(72)99-61(8)87)95-50-31-18-14-13-15-28-38-68(88)39-29-16-17-30-40-76(90)86-53-69(89)52-67(86)54-98-85(64-36-26-21-27-37-64,65-41-45-70(93-9)46-42-65)66-43-47-71(94-10)48-44-66/h19-27,32-37,41-48,56-60,67,69,72-75,77-79,82-84,89H,11-18,28-31,38-40,49-55H2,1-10H3/t56?,57?,58?,59?,60?,67-,69+,72?,73?,74?,75?,77?,78?,79?,82?,83?,84?/m0/s1. The van der Waals surface area contributed by atoms with Gasteiger partial charge in [-0.1, -0.05) is 178 Å². The first-order chi connectivity index (χ1) is 50.4. The highest BCUT2D eigenvalue weighted by atomic mass is 16.7. The highest BCUT2D eigenvalue weighted by molar-refractivity contribution is 5.90. The SMILES string of the molecule is CCC1OC(OCCC2C(C)C(COC3OC(CC)C(C)C(C)C3OC(=O)c3ccccc3)OC(OCCCCCCCCC(=O)CCCCCCC(=O)N3C[C@H](O)C[C@H]3COC(c3ccccc3)(c3ccc(OC)cc3)c3ccc(OC)cc3)C2OC(C)=O)C(OC(=O)c2ccccc2)C(C)C1C. The molecule has 17 atom stereocenters. The van der Waals surface area contributed by atoms with Crippen LogP contribution in [0.4, 0.5) is 0 Å². The Morgan fingerprint density at radius 3 is 1.42 bits per heavy atom. The highest BCUT2D eigenvalue weighted by Crippen LogP contribution is 2.44. The zero-order chi connectivity index (χ0) is 74.1. The predicted molar refractivity (Wildman–Crippen MR) is 395 cm³/mol. The molecule has 4 heterocycles. The molecular formula is C85H115NO18. The van der Waals surface area contributed by atoms with Crippen molar-refractivity contribution in [3.05, 3.63) is 167 Å². The van der Waals surface area contributed by atoms with Crippen molar-refractivity contribution in [2.75, 3.05) is 47.2 Å². The third-order valence-electron chi connectivity index (χ3n) is 22.2. The molecule has 9 rings (SSSR count). The molecule has 0 spiro atoms. The number of carbonyl (C=O) groups excluding carboxylic acids is 5. The number of amides is 1. The minimum Gasteiger partial charge on any atom is -0.497 e. The number of nitrogens with zero attached hydrogens (tertiary/aromatic N) is 1. The van der Waals surface area contributed by atoms with E-state index in [1.807, 2.05) is 97.9 Å². The number of rotatable bonds is 39. The molecule has 0 aliphatic carbocycles. The van der Waals surface area contributed by atoms with Crippen LogP contribution in [0.3, 0.4) is 0 Å². The van der Waals surface area contributed by atoms with Crippen LogP contribution in [0, 0.1) is 35.5 Å². The number of carbonyl (C=O) groups is 5. The van der Waals surface area contributed by atoms with E-state index in [9.17, 15) is 29.1 Å². The number of unbranched alkanes of at least 4 members (excludes halogenated alkanes) is 8. The molecule has 5 aromatic rings. The van der Waals surface area contributed by atoms with Crippen molar-refractivity contribution in [3.63, 3.8) is 0 Å². The third-order valence-corrected chi connectivity index (χ3v) is 22.2. The molecule has 4 saturated heterocycles. The van der Waals surface area contributed by atoms with Crippen LogP contribution in [0.25, 0.3) is 0 Å². The summed E-state index contributed by atoms with van der Waals surface area (Å²) in [5.41, 5.74) is 2.50. The predicted octanol–water partition coefficient (Wildman–Crippen LogP) is 15.2. The lowest BCUT2D eigenvalue weighted by molar-refractivity contribution is -0.311. The van der Waals surface area contributed by atoms with Crippen molar-refractivity contribution in [1.82, 2.24) is 4.90 Å². The number of hydrogen-bond donors (Lipinski definition) is 1. The molecule has 4 aliphatic heterocycles.